The van der Waals surface area contributed by atoms with Crippen molar-refractivity contribution in [3.05, 3.63) is 57.0 Å². The van der Waals surface area contributed by atoms with Crippen LogP contribution in [0, 0.1) is 12.7 Å². The number of hydrogen-bond donors (Lipinski definition) is 1. The summed E-state index contributed by atoms with van der Waals surface area (Å²) in [7, 11) is 0. The molecule has 1 unspecified atom stereocenters. The van der Waals surface area contributed by atoms with E-state index < -0.39 is 0 Å². The topological polar surface area (TPSA) is 26.0 Å². The van der Waals surface area contributed by atoms with Crippen LogP contribution in [0.3, 0.4) is 0 Å². The number of thiophene rings is 1. The lowest BCUT2D eigenvalue weighted by atomic mass is 10.0. The molecular weight excluding hydrogens is 233 g/mol. The maximum absolute atomic E-state index is 14.0. The Bertz CT molecular complexity index is 519. The predicted molar refractivity (Wildman–Crippen MR) is 70.9 cm³/mol. The third kappa shape index (κ3) is 2.40. The quantitative estimate of drug-likeness (QED) is 0.879. The summed E-state index contributed by atoms with van der Waals surface area (Å²) < 4.78 is 14.0. The van der Waals surface area contributed by atoms with Crippen LogP contribution < -0.4 is 5.73 Å². The van der Waals surface area contributed by atoms with Crippen molar-refractivity contribution in [2.24, 2.45) is 5.73 Å². The van der Waals surface area contributed by atoms with Gasteiger partial charge in [0, 0.05) is 15.3 Å². The number of rotatable bonds is 3. The molecule has 1 atom stereocenters. The lowest BCUT2D eigenvalue weighted by Gasteiger charge is -2.12. The fourth-order valence-corrected chi connectivity index (χ4v) is 2.79. The molecule has 0 bridgehead atoms. The van der Waals surface area contributed by atoms with Crippen LogP contribution in [0.2, 0.25) is 0 Å². The van der Waals surface area contributed by atoms with E-state index in [1.807, 2.05) is 12.1 Å². The van der Waals surface area contributed by atoms with Gasteiger partial charge in [-0.25, -0.2) is 4.39 Å². The molecular formula is C14H16FNS. The molecule has 1 nitrogen and oxygen atoms in total. The van der Waals surface area contributed by atoms with Crippen molar-refractivity contribution in [3.63, 3.8) is 0 Å². The van der Waals surface area contributed by atoms with Gasteiger partial charge in [0.25, 0.3) is 0 Å². The highest BCUT2D eigenvalue weighted by Gasteiger charge is 2.16. The average Bonchev–Trinajstić information content (AvgIpc) is 2.80. The van der Waals surface area contributed by atoms with Crippen molar-refractivity contribution in [2.45, 2.75) is 26.3 Å². The molecule has 0 fully saturated rings. The van der Waals surface area contributed by atoms with Crippen molar-refractivity contribution in [1.82, 2.24) is 0 Å². The van der Waals surface area contributed by atoms with E-state index in [0.717, 1.165) is 11.3 Å². The minimum Gasteiger partial charge on any atom is -0.320 e. The second-order valence-electron chi connectivity index (χ2n) is 4.11. The van der Waals surface area contributed by atoms with E-state index in [9.17, 15) is 4.39 Å². The molecule has 2 rings (SSSR count). The Kier molecular flexibility index (Phi) is 3.60. The number of aryl methyl sites for hydroxylation is 2. The van der Waals surface area contributed by atoms with Crippen LogP contribution >= 0.6 is 11.3 Å². The molecule has 2 N–H and O–H groups in total. The van der Waals surface area contributed by atoms with Gasteiger partial charge >= 0.3 is 0 Å². The van der Waals surface area contributed by atoms with Gasteiger partial charge in [-0.2, -0.15) is 0 Å². The Labute approximate surface area is 105 Å². The molecule has 17 heavy (non-hydrogen) atoms. The summed E-state index contributed by atoms with van der Waals surface area (Å²) in [4.78, 5) is 2.30. The minimum absolute atomic E-state index is 0.188. The largest absolute Gasteiger partial charge is 0.320 e. The minimum atomic E-state index is -0.361. The van der Waals surface area contributed by atoms with Crippen molar-refractivity contribution >= 4 is 11.3 Å². The van der Waals surface area contributed by atoms with Gasteiger partial charge < -0.3 is 5.73 Å². The van der Waals surface area contributed by atoms with Gasteiger partial charge in [0.2, 0.25) is 0 Å². The summed E-state index contributed by atoms with van der Waals surface area (Å²) >= 11 is 1.66. The highest BCUT2D eigenvalue weighted by Crippen LogP contribution is 2.29. The highest BCUT2D eigenvalue weighted by molar-refractivity contribution is 7.12. The lowest BCUT2D eigenvalue weighted by molar-refractivity contribution is 0.592. The normalized spacial score (nSPS) is 12.7. The average molecular weight is 249 g/mol. The number of halogens is 1. The molecule has 0 amide bonds. The molecule has 1 aromatic carbocycles. The monoisotopic (exact) mass is 249 g/mol. The van der Waals surface area contributed by atoms with Crippen LogP contribution in [-0.4, -0.2) is 0 Å². The molecule has 1 heterocycles. The zero-order chi connectivity index (χ0) is 12.4. The molecule has 0 saturated heterocycles. The van der Waals surface area contributed by atoms with Gasteiger partial charge in [0.05, 0.1) is 6.04 Å². The second-order valence-corrected chi connectivity index (χ2v) is 5.31. The first-order chi connectivity index (χ1) is 8.13. The van der Waals surface area contributed by atoms with Crippen molar-refractivity contribution < 1.29 is 4.39 Å². The molecule has 0 aliphatic rings. The van der Waals surface area contributed by atoms with Crippen molar-refractivity contribution in [2.75, 3.05) is 0 Å². The Morgan fingerprint density at radius 1 is 1.29 bits per heavy atom. The lowest BCUT2D eigenvalue weighted by Crippen LogP contribution is -2.12. The molecule has 2 aromatic rings. The number of benzene rings is 1. The van der Waals surface area contributed by atoms with Gasteiger partial charge in [-0.15, -0.1) is 11.3 Å². The fraction of sp³-hybridized carbons (Fsp3) is 0.286. The SMILES string of the molecule is CCc1ccc(C(N)c2cccc(C)c2F)s1. The van der Waals surface area contributed by atoms with Gasteiger partial charge in [-0.05, 0) is 31.0 Å². The summed E-state index contributed by atoms with van der Waals surface area (Å²) in [5, 5.41) is 0. The van der Waals surface area contributed by atoms with E-state index in [1.165, 1.54) is 4.88 Å². The summed E-state index contributed by atoms with van der Waals surface area (Å²) in [6.07, 6.45) is 0.994. The van der Waals surface area contributed by atoms with E-state index in [2.05, 4.69) is 13.0 Å². The first-order valence-corrected chi connectivity index (χ1v) is 6.54. The zero-order valence-corrected chi connectivity index (χ0v) is 10.9. The van der Waals surface area contributed by atoms with E-state index in [4.69, 9.17) is 5.73 Å². The van der Waals surface area contributed by atoms with Crippen LogP contribution in [0.15, 0.2) is 30.3 Å². The van der Waals surface area contributed by atoms with E-state index in [0.29, 0.717) is 11.1 Å². The number of hydrogen-bond acceptors (Lipinski definition) is 2. The van der Waals surface area contributed by atoms with E-state index in [1.54, 1.807) is 30.4 Å². The summed E-state index contributed by atoms with van der Waals surface area (Å²) in [5.41, 5.74) is 7.35. The predicted octanol–water partition coefficient (Wildman–Crippen LogP) is 3.81. The smallest absolute Gasteiger partial charge is 0.131 e. The third-order valence-electron chi connectivity index (χ3n) is 2.89. The first kappa shape index (κ1) is 12.3. The highest BCUT2D eigenvalue weighted by atomic mass is 32.1. The zero-order valence-electron chi connectivity index (χ0n) is 10.0. The second kappa shape index (κ2) is 4.98. The van der Waals surface area contributed by atoms with Crippen LogP contribution in [0.1, 0.15) is 33.8 Å². The van der Waals surface area contributed by atoms with Gasteiger partial charge in [-0.1, -0.05) is 25.1 Å². The maximum atomic E-state index is 14.0. The summed E-state index contributed by atoms with van der Waals surface area (Å²) in [5.74, 6) is -0.188. The summed E-state index contributed by atoms with van der Waals surface area (Å²) in [6, 6.07) is 9.07. The molecule has 0 saturated carbocycles. The first-order valence-electron chi connectivity index (χ1n) is 5.72. The van der Waals surface area contributed by atoms with Crippen LogP contribution in [0.4, 0.5) is 4.39 Å². The molecule has 0 spiro atoms. The van der Waals surface area contributed by atoms with Gasteiger partial charge in [0.15, 0.2) is 0 Å². The third-order valence-corrected chi connectivity index (χ3v) is 4.21. The van der Waals surface area contributed by atoms with Crippen molar-refractivity contribution in [3.8, 4) is 0 Å². The molecule has 0 aliphatic carbocycles. The van der Waals surface area contributed by atoms with E-state index >= 15 is 0 Å². The maximum Gasteiger partial charge on any atom is 0.131 e. The molecule has 0 aliphatic heterocycles. The van der Waals surface area contributed by atoms with E-state index in [-0.39, 0.29) is 11.9 Å². The Morgan fingerprint density at radius 3 is 2.71 bits per heavy atom. The standard InChI is InChI=1S/C14H16FNS/c1-3-10-7-8-12(17-10)14(16)11-6-4-5-9(2)13(11)15/h4-8,14H,3,16H2,1-2H3. The molecule has 90 valence electrons. The molecule has 0 radical (unpaired) electrons. The Balaban J connectivity index is 2.36. The Morgan fingerprint density at radius 2 is 2.06 bits per heavy atom. The van der Waals surface area contributed by atoms with Crippen molar-refractivity contribution in [1.29, 1.82) is 0 Å². The number of nitrogens with two attached hydrogens (primary N) is 1. The Hall–Kier alpha value is -1.19. The summed E-state index contributed by atoms with van der Waals surface area (Å²) in [6.45, 7) is 3.87. The van der Waals surface area contributed by atoms with Gasteiger partial charge in [-0.3, -0.25) is 0 Å². The molecule has 3 heteroatoms. The molecule has 1 aromatic heterocycles. The fourth-order valence-electron chi connectivity index (χ4n) is 1.82. The van der Waals surface area contributed by atoms with Crippen LogP contribution in [-0.2, 0) is 6.42 Å². The van der Waals surface area contributed by atoms with Crippen LogP contribution in [0.5, 0.6) is 0 Å². The van der Waals surface area contributed by atoms with Gasteiger partial charge in [0.1, 0.15) is 5.82 Å². The van der Waals surface area contributed by atoms with Crippen LogP contribution in [0.25, 0.3) is 0 Å².